The molecule has 4 unspecified atom stereocenters. The van der Waals surface area contributed by atoms with Crippen molar-refractivity contribution in [3.8, 4) is 0 Å². The molecule has 182 valence electrons. The predicted octanol–water partition coefficient (Wildman–Crippen LogP) is -2.38. The molecule has 0 radical (unpaired) electrons. The van der Waals surface area contributed by atoms with E-state index in [0.717, 1.165) is 0 Å². The molecule has 1 rings (SSSR count). The van der Waals surface area contributed by atoms with Crippen LogP contribution in [0.4, 0.5) is 0 Å². The molecule has 0 aliphatic rings. The number of aliphatic carboxylic acids is 1. The number of amides is 4. The zero-order valence-corrected chi connectivity index (χ0v) is 18.5. The van der Waals surface area contributed by atoms with Gasteiger partial charge in [-0.05, 0) is 11.5 Å². The number of aliphatic hydroxyl groups excluding tert-OH is 1. The fourth-order valence-corrected chi connectivity index (χ4v) is 2.77. The van der Waals surface area contributed by atoms with Crippen LogP contribution in [0.25, 0.3) is 0 Å². The Hall–Kier alpha value is -3.51. The summed E-state index contributed by atoms with van der Waals surface area (Å²) in [6.07, 6.45) is -0.602. The van der Waals surface area contributed by atoms with Crippen molar-refractivity contribution < 1.29 is 34.2 Å². The lowest BCUT2D eigenvalue weighted by atomic mass is 10.0. The molecule has 0 aliphatic carbocycles. The van der Waals surface area contributed by atoms with Crippen molar-refractivity contribution in [3.63, 3.8) is 0 Å². The molecule has 0 saturated carbocycles. The molecular weight excluding hydrogens is 434 g/mol. The average Bonchev–Trinajstić information content (AvgIpc) is 2.75. The summed E-state index contributed by atoms with van der Waals surface area (Å²) in [6.45, 7) is 2.51. The van der Waals surface area contributed by atoms with Gasteiger partial charge in [-0.2, -0.15) is 0 Å². The van der Waals surface area contributed by atoms with E-state index in [2.05, 4.69) is 16.0 Å². The molecule has 0 aliphatic heterocycles. The van der Waals surface area contributed by atoms with E-state index >= 15 is 0 Å². The summed E-state index contributed by atoms with van der Waals surface area (Å²) in [7, 11) is 0. The fraction of sp³-hybridized carbons (Fsp3) is 0.476. The molecule has 0 aromatic heterocycles. The van der Waals surface area contributed by atoms with E-state index in [1.165, 1.54) is 0 Å². The number of primary amides is 1. The highest BCUT2D eigenvalue weighted by Gasteiger charge is 2.31. The van der Waals surface area contributed by atoms with Crippen LogP contribution in [0.15, 0.2) is 30.3 Å². The Labute approximate surface area is 191 Å². The summed E-state index contributed by atoms with van der Waals surface area (Å²) < 4.78 is 0. The smallest absolute Gasteiger partial charge is 0.326 e. The van der Waals surface area contributed by atoms with E-state index in [4.69, 9.17) is 11.5 Å². The number of hydrogen-bond acceptors (Lipinski definition) is 7. The summed E-state index contributed by atoms with van der Waals surface area (Å²) in [6, 6.07) is 3.29. The van der Waals surface area contributed by atoms with Crippen LogP contribution in [0.2, 0.25) is 0 Å². The predicted molar refractivity (Wildman–Crippen MR) is 117 cm³/mol. The minimum absolute atomic E-state index is 0.0263. The van der Waals surface area contributed by atoms with Crippen molar-refractivity contribution >= 4 is 29.6 Å². The van der Waals surface area contributed by atoms with E-state index < -0.39 is 66.8 Å². The molecule has 9 N–H and O–H groups in total. The Bertz CT molecular complexity index is 847. The van der Waals surface area contributed by atoms with Gasteiger partial charge in [-0.25, -0.2) is 4.79 Å². The second kappa shape index (κ2) is 13.1. The van der Waals surface area contributed by atoms with Crippen LogP contribution < -0.4 is 27.4 Å². The number of carboxylic acid groups (broad SMARTS) is 1. The van der Waals surface area contributed by atoms with E-state index in [9.17, 15) is 34.2 Å². The van der Waals surface area contributed by atoms with Crippen molar-refractivity contribution in [1.82, 2.24) is 16.0 Å². The van der Waals surface area contributed by atoms with Gasteiger partial charge < -0.3 is 37.6 Å². The van der Waals surface area contributed by atoms with Gasteiger partial charge in [0.15, 0.2) is 0 Å². The van der Waals surface area contributed by atoms with Gasteiger partial charge in [0.25, 0.3) is 0 Å². The van der Waals surface area contributed by atoms with Crippen LogP contribution in [-0.2, 0) is 30.4 Å². The first-order valence-corrected chi connectivity index (χ1v) is 10.3. The molecule has 4 amide bonds. The van der Waals surface area contributed by atoms with Crippen LogP contribution in [0.5, 0.6) is 0 Å². The molecule has 1 aromatic carbocycles. The van der Waals surface area contributed by atoms with Crippen molar-refractivity contribution in [2.45, 2.75) is 50.9 Å². The summed E-state index contributed by atoms with van der Waals surface area (Å²) in [5.41, 5.74) is 11.5. The average molecular weight is 466 g/mol. The van der Waals surface area contributed by atoms with Crippen molar-refractivity contribution in [3.05, 3.63) is 35.9 Å². The van der Waals surface area contributed by atoms with Gasteiger partial charge in [0.05, 0.1) is 19.1 Å². The van der Waals surface area contributed by atoms with Crippen LogP contribution in [0.3, 0.4) is 0 Å². The van der Waals surface area contributed by atoms with Crippen LogP contribution >= 0.6 is 0 Å². The molecule has 33 heavy (non-hydrogen) atoms. The fourth-order valence-electron chi connectivity index (χ4n) is 2.77. The number of aliphatic hydroxyl groups is 1. The molecule has 12 heteroatoms. The first kappa shape index (κ1) is 27.5. The van der Waals surface area contributed by atoms with Crippen molar-refractivity contribution in [1.29, 1.82) is 0 Å². The molecule has 4 atom stereocenters. The third-order valence-corrected chi connectivity index (χ3v) is 4.77. The summed E-state index contributed by atoms with van der Waals surface area (Å²) in [5.74, 6) is -5.09. The minimum Gasteiger partial charge on any atom is -0.480 e. The Morgan fingerprint density at radius 3 is 1.88 bits per heavy atom. The number of carbonyl (C=O) groups is 5. The van der Waals surface area contributed by atoms with Gasteiger partial charge in [0.2, 0.25) is 23.6 Å². The highest BCUT2D eigenvalue weighted by Crippen LogP contribution is 2.05. The Kier molecular flexibility index (Phi) is 11.0. The molecule has 0 heterocycles. The van der Waals surface area contributed by atoms with Gasteiger partial charge in [-0.15, -0.1) is 0 Å². The van der Waals surface area contributed by atoms with Gasteiger partial charge in [0.1, 0.15) is 18.1 Å². The van der Waals surface area contributed by atoms with Gasteiger partial charge in [-0.1, -0.05) is 44.2 Å². The lowest BCUT2D eigenvalue weighted by Crippen LogP contribution is -2.59. The van der Waals surface area contributed by atoms with Gasteiger partial charge in [-0.3, -0.25) is 19.2 Å². The standard InChI is InChI=1S/C21H31N5O7/c1-11(2)17(23)20(31)24-13(9-16(22)28)18(29)26-15(10-27)19(30)25-14(21(32)33)8-12-6-4-3-5-7-12/h3-7,11,13-15,17,27H,8-10,23H2,1-2H3,(H2,22,28)(H,24,31)(H,25,30)(H,26,29)(H,32,33). The SMILES string of the molecule is CC(C)C(N)C(=O)NC(CC(N)=O)C(=O)NC(CO)C(=O)NC(Cc1ccccc1)C(=O)O. The van der Waals surface area contributed by atoms with Crippen LogP contribution in [0.1, 0.15) is 25.8 Å². The maximum Gasteiger partial charge on any atom is 0.326 e. The lowest BCUT2D eigenvalue weighted by molar-refractivity contribution is -0.142. The number of nitrogens with one attached hydrogen (secondary N) is 3. The van der Waals surface area contributed by atoms with E-state index in [1.54, 1.807) is 44.2 Å². The second-order valence-corrected chi connectivity index (χ2v) is 7.83. The van der Waals surface area contributed by atoms with Gasteiger partial charge in [0, 0.05) is 6.42 Å². The number of hydrogen-bond donors (Lipinski definition) is 7. The first-order chi connectivity index (χ1) is 15.5. The van der Waals surface area contributed by atoms with E-state index in [-0.39, 0.29) is 12.3 Å². The van der Waals surface area contributed by atoms with E-state index in [0.29, 0.717) is 5.56 Å². The molecule has 0 spiro atoms. The maximum absolute atomic E-state index is 12.6. The lowest BCUT2D eigenvalue weighted by Gasteiger charge is -2.24. The number of carboxylic acids is 1. The minimum atomic E-state index is -1.54. The third kappa shape index (κ3) is 9.25. The number of carbonyl (C=O) groups excluding carboxylic acids is 4. The number of rotatable bonds is 13. The molecule has 1 aromatic rings. The zero-order chi connectivity index (χ0) is 25.1. The summed E-state index contributed by atoms with van der Waals surface area (Å²) in [5, 5.41) is 25.8. The largest absolute Gasteiger partial charge is 0.480 e. The van der Waals surface area contributed by atoms with Crippen LogP contribution in [-0.4, -0.2) is 70.6 Å². The highest BCUT2D eigenvalue weighted by molar-refractivity contribution is 5.96. The first-order valence-electron chi connectivity index (χ1n) is 10.3. The highest BCUT2D eigenvalue weighted by atomic mass is 16.4. The summed E-state index contributed by atoms with van der Waals surface area (Å²) in [4.78, 5) is 60.3. The Morgan fingerprint density at radius 1 is 0.879 bits per heavy atom. The van der Waals surface area contributed by atoms with Gasteiger partial charge >= 0.3 is 5.97 Å². The van der Waals surface area contributed by atoms with Crippen molar-refractivity contribution in [2.24, 2.45) is 17.4 Å². The summed E-state index contributed by atoms with van der Waals surface area (Å²) >= 11 is 0. The molecular formula is C21H31N5O7. The third-order valence-electron chi connectivity index (χ3n) is 4.77. The molecule has 12 nitrogen and oxygen atoms in total. The van der Waals surface area contributed by atoms with E-state index in [1.807, 2.05) is 0 Å². The quantitative estimate of drug-likeness (QED) is 0.167. The molecule has 0 bridgehead atoms. The Morgan fingerprint density at radius 2 is 1.39 bits per heavy atom. The number of nitrogens with two attached hydrogens (primary N) is 2. The monoisotopic (exact) mass is 465 g/mol. The molecule has 0 fully saturated rings. The normalized spacial score (nSPS) is 14.5. The maximum atomic E-state index is 12.6. The topological polar surface area (TPSA) is 214 Å². The zero-order valence-electron chi connectivity index (χ0n) is 18.5. The second-order valence-electron chi connectivity index (χ2n) is 7.83. The number of benzene rings is 1. The van der Waals surface area contributed by atoms with Crippen LogP contribution in [0, 0.1) is 5.92 Å². The molecule has 0 saturated heterocycles. The Balaban J connectivity index is 2.88. The van der Waals surface area contributed by atoms with Crippen molar-refractivity contribution in [2.75, 3.05) is 6.61 Å².